The van der Waals surface area contributed by atoms with E-state index in [-0.39, 0.29) is 0 Å². The molecule has 0 aromatic heterocycles. The van der Waals surface area contributed by atoms with E-state index < -0.39 is 5.41 Å². The molecule has 0 saturated carbocycles. The first kappa shape index (κ1) is 24.4. The van der Waals surface area contributed by atoms with E-state index in [4.69, 9.17) is 0 Å². The van der Waals surface area contributed by atoms with Crippen LogP contribution in [0.4, 0.5) is 11.4 Å². The van der Waals surface area contributed by atoms with Crippen molar-refractivity contribution in [2.45, 2.75) is 5.41 Å². The largest absolute Gasteiger partial charge is 0.355 e. The molecule has 7 aromatic carbocycles. The molecule has 0 spiro atoms. The minimum absolute atomic E-state index is 0.415. The van der Waals surface area contributed by atoms with Crippen LogP contribution in [-0.2, 0) is 5.41 Å². The Labute approximate surface area is 246 Å². The topological polar surface area (TPSA) is 12.0 Å². The molecule has 1 heteroatoms. The van der Waals surface area contributed by atoms with Crippen molar-refractivity contribution in [3.05, 3.63) is 192 Å². The number of rotatable bonds is 5. The van der Waals surface area contributed by atoms with Crippen molar-refractivity contribution < 1.29 is 0 Å². The lowest BCUT2D eigenvalue weighted by Gasteiger charge is -2.34. The summed E-state index contributed by atoms with van der Waals surface area (Å²) in [7, 11) is 0. The van der Waals surface area contributed by atoms with Gasteiger partial charge in [0.05, 0.1) is 5.41 Å². The van der Waals surface area contributed by atoms with Crippen LogP contribution in [0.1, 0.15) is 22.3 Å². The van der Waals surface area contributed by atoms with Gasteiger partial charge in [-0.15, -0.1) is 0 Å². The number of hydrogen-bond acceptors (Lipinski definition) is 1. The molecule has 0 aliphatic heterocycles. The summed E-state index contributed by atoms with van der Waals surface area (Å²) < 4.78 is 0. The summed E-state index contributed by atoms with van der Waals surface area (Å²) in [6.07, 6.45) is 0. The van der Waals surface area contributed by atoms with Gasteiger partial charge < -0.3 is 5.32 Å². The molecule has 0 unspecified atom stereocenters. The Kier molecular flexibility index (Phi) is 5.75. The Morgan fingerprint density at radius 1 is 0.357 bits per heavy atom. The van der Waals surface area contributed by atoms with Crippen LogP contribution in [0.2, 0.25) is 0 Å². The first-order valence-corrected chi connectivity index (χ1v) is 14.5. The van der Waals surface area contributed by atoms with E-state index in [2.05, 4.69) is 175 Å². The molecular weight excluding hydrogens is 506 g/mol. The highest BCUT2D eigenvalue weighted by Crippen LogP contribution is 2.58. The van der Waals surface area contributed by atoms with E-state index in [9.17, 15) is 0 Å². The second-order valence-electron chi connectivity index (χ2n) is 11.0. The minimum Gasteiger partial charge on any atom is -0.355 e. The molecule has 1 aliphatic carbocycles. The van der Waals surface area contributed by atoms with Crippen molar-refractivity contribution in [2.24, 2.45) is 0 Å². The van der Waals surface area contributed by atoms with Gasteiger partial charge in [0, 0.05) is 22.5 Å². The Hall–Kier alpha value is -5.40. The van der Waals surface area contributed by atoms with E-state index in [1.807, 2.05) is 0 Å². The number of benzene rings is 7. The van der Waals surface area contributed by atoms with E-state index in [1.165, 1.54) is 55.3 Å². The van der Waals surface area contributed by atoms with Crippen molar-refractivity contribution in [3.8, 4) is 22.3 Å². The third-order valence-electron chi connectivity index (χ3n) is 8.76. The monoisotopic (exact) mass is 535 g/mol. The van der Waals surface area contributed by atoms with Crippen LogP contribution in [0.25, 0.3) is 33.0 Å². The molecule has 1 nitrogen and oxygen atoms in total. The summed E-state index contributed by atoms with van der Waals surface area (Å²) in [4.78, 5) is 0. The molecule has 0 saturated heterocycles. The molecule has 7 aromatic rings. The average molecular weight is 536 g/mol. The van der Waals surface area contributed by atoms with Crippen LogP contribution >= 0.6 is 0 Å². The van der Waals surface area contributed by atoms with Gasteiger partial charge in [0.1, 0.15) is 0 Å². The zero-order valence-electron chi connectivity index (χ0n) is 23.2. The molecule has 198 valence electrons. The lowest BCUT2D eigenvalue weighted by molar-refractivity contribution is 0.768. The molecule has 0 fully saturated rings. The smallest absolute Gasteiger partial charge is 0.0714 e. The third-order valence-corrected chi connectivity index (χ3v) is 8.76. The van der Waals surface area contributed by atoms with Gasteiger partial charge in [0.2, 0.25) is 0 Å². The summed E-state index contributed by atoms with van der Waals surface area (Å²) >= 11 is 0. The summed E-state index contributed by atoms with van der Waals surface area (Å²) in [5, 5.41) is 6.42. The van der Waals surface area contributed by atoms with Crippen LogP contribution in [0.3, 0.4) is 0 Å². The van der Waals surface area contributed by atoms with Crippen molar-refractivity contribution in [1.82, 2.24) is 0 Å². The number of anilines is 2. The van der Waals surface area contributed by atoms with Crippen LogP contribution in [-0.4, -0.2) is 0 Å². The number of fused-ring (bicyclic) bond motifs is 4. The second-order valence-corrected chi connectivity index (χ2v) is 11.0. The maximum Gasteiger partial charge on any atom is 0.0714 e. The third kappa shape index (κ3) is 3.64. The fourth-order valence-electron chi connectivity index (χ4n) is 7.03. The Bertz CT molecular complexity index is 2010. The van der Waals surface area contributed by atoms with Gasteiger partial charge in [-0.25, -0.2) is 0 Å². The van der Waals surface area contributed by atoms with Crippen LogP contribution in [0.5, 0.6) is 0 Å². The van der Waals surface area contributed by atoms with Gasteiger partial charge in [-0.3, -0.25) is 0 Å². The van der Waals surface area contributed by atoms with Crippen LogP contribution in [0, 0.1) is 0 Å². The van der Waals surface area contributed by atoms with Gasteiger partial charge in [-0.2, -0.15) is 0 Å². The van der Waals surface area contributed by atoms with E-state index >= 15 is 0 Å². The maximum absolute atomic E-state index is 3.92. The summed E-state index contributed by atoms with van der Waals surface area (Å²) in [5.74, 6) is 0. The number of hydrogen-bond donors (Lipinski definition) is 1. The van der Waals surface area contributed by atoms with Gasteiger partial charge in [-0.1, -0.05) is 158 Å². The van der Waals surface area contributed by atoms with Crippen molar-refractivity contribution in [3.63, 3.8) is 0 Å². The first-order chi connectivity index (χ1) is 20.9. The fraction of sp³-hybridized carbons (Fsp3) is 0.0244. The molecule has 8 rings (SSSR count). The van der Waals surface area contributed by atoms with E-state index in [0.29, 0.717) is 0 Å². The summed E-state index contributed by atoms with van der Waals surface area (Å²) in [6, 6.07) is 61.4. The summed E-state index contributed by atoms with van der Waals surface area (Å²) in [5.41, 5.74) is 11.9. The second kappa shape index (κ2) is 9.90. The number of nitrogens with one attached hydrogen (secondary N) is 1. The van der Waals surface area contributed by atoms with Gasteiger partial charge in [0.25, 0.3) is 0 Å². The average Bonchev–Trinajstić information content (AvgIpc) is 3.38. The molecule has 0 bridgehead atoms. The Balaban J connectivity index is 1.37. The highest BCUT2D eigenvalue weighted by molar-refractivity contribution is 6.01. The van der Waals surface area contributed by atoms with Gasteiger partial charge in [-0.05, 0) is 56.3 Å². The van der Waals surface area contributed by atoms with Gasteiger partial charge >= 0.3 is 0 Å². The minimum atomic E-state index is -0.415. The first-order valence-electron chi connectivity index (χ1n) is 14.5. The van der Waals surface area contributed by atoms with Crippen LogP contribution in [0.15, 0.2) is 170 Å². The molecule has 0 amide bonds. The molecule has 0 heterocycles. The van der Waals surface area contributed by atoms with Gasteiger partial charge in [0.15, 0.2) is 0 Å². The van der Waals surface area contributed by atoms with E-state index in [1.54, 1.807) is 0 Å². The fourth-order valence-corrected chi connectivity index (χ4v) is 7.03. The maximum atomic E-state index is 3.92. The molecule has 0 radical (unpaired) electrons. The molecule has 1 N–H and O–H groups in total. The standard InChI is InChI=1S/C41H29N/c1-3-17-30(18-4-1)41(31-19-5-2-6-20-31)36-25-11-9-23-35(36)40-37(41)26-14-28-39(40)42-38-27-12-10-22-34(38)33-24-13-16-29-15-7-8-21-32(29)33/h1-28,42H. The van der Waals surface area contributed by atoms with Crippen LogP contribution < -0.4 is 5.32 Å². The number of para-hydroxylation sites is 1. The SMILES string of the molecule is c1ccc(C2(c3ccccc3)c3ccccc3-c3c(Nc4ccccc4-c4cccc5ccccc45)cccc32)cc1. The highest BCUT2D eigenvalue weighted by atomic mass is 14.9. The lowest BCUT2D eigenvalue weighted by atomic mass is 9.68. The zero-order chi connectivity index (χ0) is 27.9. The Morgan fingerprint density at radius 3 is 1.67 bits per heavy atom. The Morgan fingerprint density at radius 2 is 0.881 bits per heavy atom. The molecular formula is C41H29N. The zero-order valence-corrected chi connectivity index (χ0v) is 23.2. The van der Waals surface area contributed by atoms with E-state index in [0.717, 1.165) is 11.4 Å². The van der Waals surface area contributed by atoms with Crippen molar-refractivity contribution >= 4 is 22.1 Å². The lowest BCUT2D eigenvalue weighted by Crippen LogP contribution is -2.28. The quantitative estimate of drug-likeness (QED) is 0.231. The molecule has 0 atom stereocenters. The molecule has 42 heavy (non-hydrogen) atoms. The van der Waals surface area contributed by atoms with Crippen molar-refractivity contribution in [1.29, 1.82) is 0 Å². The summed E-state index contributed by atoms with van der Waals surface area (Å²) in [6.45, 7) is 0. The normalized spacial score (nSPS) is 13.0. The molecule has 1 aliphatic rings. The van der Waals surface area contributed by atoms with Crippen molar-refractivity contribution in [2.75, 3.05) is 5.32 Å². The highest BCUT2D eigenvalue weighted by Gasteiger charge is 2.46. The predicted molar refractivity (Wildman–Crippen MR) is 176 cm³/mol. The predicted octanol–water partition coefficient (Wildman–Crippen LogP) is 10.6.